The molecule has 0 saturated carbocycles. The first-order chi connectivity index (χ1) is 17.7. The molecule has 3 amide bonds. The summed E-state index contributed by atoms with van der Waals surface area (Å²) in [7, 11) is 1.59. The van der Waals surface area contributed by atoms with E-state index in [9.17, 15) is 28.4 Å². The summed E-state index contributed by atoms with van der Waals surface area (Å²) in [4.78, 5) is 45.4. The zero-order valence-electron chi connectivity index (χ0n) is 20.3. The van der Waals surface area contributed by atoms with Crippen LogP contribution in [0.15, 0.2) is 41.3 Å². The molecule has 12 heteroatoms. The van der Waals surface area contributed by atoms with Gasteiger partial charge in [0.2, 0.25) is 5.91 Å². The number of hydrogen-bond donors (Lipinski definition) is 2. The first-order valence-corrected chi connectivity index (χ1v) is 12.3. The number of carbonyl (C=O) groups excluding carboxylic acids is 2. The Labute approximate surface area is 211 Å². The number of hydrogen-bond acceptors (Lipinski definition) is 5. The van der Waals surface area contributed by atoms with Crippen LogP contribution in [-0.2, 0) is 4.79 Å². The van der Waals surface area contributed by atoms with Gasteiger partial charge in [-0.05, 0) is 49.4 Å². The normalized spacial score (nSPS) is 21.3. The van der Waals surface area contributed by atoms with Crippen molar-refractivity contribution in [2.45, 2.75) is 43.7 Å². The highest BCUT2D eigenvalue weighted by molar-refractivity contribution is 5.87. The molecular weight excluding hydrogens is 486 g/mol. The fourth-order valence-electron chi connectivity index (χ4n) is 5.44. The van der Waals surface area contributed by atoms with Crippen molar-refractivity contribution in [1.82, 2.24) is 29.4 Å². The number of urea groups is 1. The third-order valence-electron chi connectivity index (χ3n) is 7.40. The van der Waals surface area contributed by atoms with Crippen molar-refractivity contribution in [3.8, 4) is 11.5 Å². The second-order valence-corrected chi connectivity index (χ2v) is 9.68. The van der Waals surface area contributed by atoms with Crippen LogP contribution in [0.4, 0.5) is 13.6 Å². The summed E-state index contributed by atoms with van der Waals surface area (Å²) in [6.07, 6.45) is 3.12. The average molecular weight is 515 g/mol. The van der Waals surface area contributed by atoms with Gasteiger partial charge in [-0.25, -0.2) is 18.4 Å². The lowest BCUT2D eigenvalue weighted by Crippen LogP contribution is -2.52. The minimum atomic E-state index is -0.924. The van der Waals surface area contributed by atoms with Gasteiger partial charge in [0.15, 0.2) is 17.5 Å². The number of likely N-dealkylation sites (N-methyl/N-ethyl adjacent to an activating group) is 1. The minimum absolute atomic E-state index is 0.181. The number of carbonyl (C=O) groups is 2. The second kappa shape index (κ2) is 9.83. The summed E-state index contributed by atoms with van der Waals surface area (Å²) in [6.45, 7) is 0.964. The van der Waals surface area contributed by atoms with Crippen LogP contribution in [-0.4, -0.2) is 74.0 Å². The average Bonchev–Trinajstić information content (AvgIpc) is 3.17. The number of amides is 3. The van der Waals surface area contributed by atoms with E-state index in [1.165, 1.54) is 23.2 Å². The predicted octanol–water partition coefficient (Wildman–Crippen LogP) is 2.42. The van der Waals surface area contributed by atoms with Crippen LogP contribution in [0.3, 0.4) is 0 Å². The largest absolute Gasteiger partial charge is 0.427 e. The van der Waals surface area contributed by atoms with E-state index >= 15 is 0 Å². The topological polar surface area (TPSA) is 113 Å². The number of piperidine rings is 1. The van der Waals surface area contributed by atoms with Gasteiger partial charge < -0.3 is 20.3 Å². The lowest BCUT2D eigenvalue weighted by Gasteiger charge is -2.33. The van der Waals surface area contributed by atoms with Crippen molar-refractivity contribution in [3.63, 3.8) is 0 Å². The highest BCUT2D eigenvalue weighted by Crippen LogP contribution is 2.30. The van der Waals surface area contributed by atoms with Crippen molar-refractivity contribution in [1.29, 1.82) is 0 Å². The molecule has 2 N–H and O–H groups in total. The molecule has 196 valence electrons. The van der Waals surface area contributed by atoms with Gasteiger partial charge in [0.25, 0.3) is 0 Å². The maximum atomic E-state index is 14.4. The standard InChI is InChI=1S/C25H28F2N6O4/c1-30-14-15(17-4-2-5-18(26)21(17)27)7-8-19(23(30)34)28-24(35)31-12-9-16(10-13-31)33-20-6-3-11-32(37)22(20)29-25(33)36/h2-6,11,15-16,19,37H,7-10,12-14H2,1H3,(H,28,35)/t15-,19-/m1/s1. The number of pyridine rings is 1. The zero-order chi connectivity index (χ0) is 26.3. The molecular formula is C25H28F2N6O4. The summed E-state index contributed by atoms with van der Waals surface area (Å²) < 4.78 is 30.5. The van der Waals surface area contributed by atoms with Crippen LogP contribution >= 0.6 is 0 Å². The molecule has 2 saturated heterocycles. The van der Waals surface area contributed by atoms with Crippen molar-refractivity contribution in [2.75, 3.05) is 26.7 Å². The van der Waals surface area contributed by atoms with Crippen LogP contribution in [0, 0.1) is 11.6 Å². The smallest absolute Gasteiger partial charge is 0.350 e. The highest BCUT2D eigenvalue weighted by Gasteiger charge is 2.34. The Morgan fingerprint density at radius 3 is 2.59 bits per heavy atom. The highest BCUT2D eigenvalue weighted by atomic mass is 19.2. The number of rotatable bonds is 3. The van der Waals surface area contributed by atoms with Gasteiger partial charge in [-0.2, -0.15) is 9.71 Å². The SMILES string of the molecule is CN1C[C@H](c2cccc(F)c2F)CC[C@@H](NC(=O)N2CCC(n3c4cccn(O)c-4nc3=O)CC2)C1=O. The van der Waals surface area contributed by atoms with E-state index in [1.54, 1.807) is 28.6 Å². The molecule has 2 fully saturated rings. The van der Waals surface area contributed by atoms with E-state index < -0.39 is 23.4 Å². The maximum Gasteiger partial charge on any atom is 0.350 e. The van der Waals surface area contributed by atoms with E-state index in [0.29, 0.717) is 44.5 Å². The molecule has 2 atom stereocenters. The van der Waals surface area contributed by atoms with Crippen molar-refractivity contribution < 1.29 is 23.6 Å². The lowest BCUT2D eigenvalue weighted by atomic mass is 9.93. The fraction of sp³-hybridized carbons (Fsp3) is 0.440. The van der Waals surface area contributed by atoms with E-state index in [2.05, 4.69) is 10.3 Å². The summed E-state index contributed by atoms with van der Waals surface area (Å²) >= 11 is 0. The number of aromatic nitrogens is 3. The number of nitrogens with zero attached hydrogens (tertiary/aromatic N) is 5. The predicted molar refractivity (Wildman–Crippen MR) is 128 cm³/mol. The van der Waals surface area contributed by atoms with E-state index in [-0.39, 0.29) is 41.8 Å². The molecule has 1 aromatic rings. The summed E-state index contributed by atoms with van der Waals surface area (Å²) in [5, 5.41) is 12.7. The van der Waals surface area contributed by atoms with E-state index in [1.807, 2.05) is 0 Å². The molecule has 5 rings (SSSR count). The van der Waals surface area contributed by atoms with Crippen molar-refractivity contribution >= 4 is 11.9 Å². The van der Waals surface area contributed by atoms with Crippen molar-refractivity contribution in [3.05, 3.63) is 64.2 Å². The van der Waals surface area contributed by atoms with Gasteiger partial charge in [-0.1, -0.05) is 12.1 Å². The molecule has 37 heavy (non-hydrogen) atoms. The van der Waals surface area contributed by atoms with Crippen LogP contribution in [0.2, 0.25) is 0 Å². The molecule has 0 unspecified atom stereocenters. The van der Waals surface area contributed by atoms with Gasteiger partial charge in [-0.15, -0.1) is 0 Å². The number of fused-ring (bicyclic) bond motifs is 1. The molecule has 10 nitrogen and oxygen atoms in total. The summed E-state index contributed by atoms with van der Waals surface area (Å²) in [5.74, 6) is -2.31. The molecule has 1 aromatic carbocycles. The number of benzene rings is 1. The first-order valence-electron chi connectivity index (χ1n) is 12.3. The zero-order valence-corrected chi connectivity index (χ0v) is 20.3. The van der Waals surface area contributed by atoms with E-state index in [4.69, 9.17) is 0 Å². The molecule has 0 bridgehead atoms. The monoisotopic (exact) mass is 514 g/mol. The van der Waals surface area contributed by atoms with Crippen LogP contribution in [0.5, 0.6) is 0 Å². The van der Waals surface area contributed by atoms with Gasteiger partial charge >= 0.3 is 11.7 Å². The summed E-state index contributed by atoms with van der Waals surface area (Å²) in [5.41, 5.74) is 0.294. The number of imidazole rings is 1. The molecule has 4 heterocycles. The van der Waals surface area contributed by atoms with Crippen LogP contribution in [0.25, 0.3) is 11.5 Å². The Balaban J connectivity index is 1.22. The van der Waals surface area contributed by atoms with Crippen LogP contribution < -0.4 is 11.0 Å². The Hall–Kier alpha value is -3.96. The van der Waals surface area contributed by atoms with Gasteiger partial charge in [0.05, 0.1) is 5.69 Å². The molecule has 4 aliphatic rings. The van der Waals surface area contributed by atoms with Crippen LogP contribution in [0.1, 0.15) is 43.2 Å². The number of likely N-dealkylation sites (tertiary alicyclic amines) is 2. The Morgan fingerprint density at radius 2 is 1.84 bits per heavy atom. The van der Waals surface area contributed by atoms with Gasteiger partial charge in [0, 0.05) is 44.8 Å². The Bertz CT molecular complexity index is 1350. The maximum absolute atomic E-state index is 14.4. The third kappa shape index (κ3) is 4.63. The quantitative estimate of drug-likeness (QED) is 0.522. The first kappa shape index (κ1) is 24.7. The van der Waals surface area contributed by atoms with Gasteiger partial charge in [0.1, 0.15) is 6.04 Å². The molecule has 0 aliphatic carbocycles. The number of nitrogens with one attached hydrogen (secondary N) is 1. The second-order valence-electron chi connectivity index (χ2n) is 9.68. The van der Waals surface area contributed by atoms with Gasteiger partial charge in [-0.3, -0.25) is 9.36 Å². The number of halogens is 2. The van der Waals surface area contributed by atoms with E-state index in [0.717, 1.165) is 10.8 Å². The van der Waals surface area contributed by atoms with Crippen molar-refractivity contribution in [2.24, 2.45) is 0 Å². The fourth-order valence-corrected chi connectivity index (χ4v) is 5.44. The third-order valence-corrected chi connectivity index (χ3v) is 7.40. The Morgan fingerprint density at radius 1 is 1.08 bits per heavy atom. The summed E-state index contributed by atoms with van der Waals surface area (Å²) in [6, 6.07) is 6.04. The molecule has 0 radical (unpaired) electrons. The molecule has 4 aliphatic heterocycles. The lowest BCUT2D eigenvalue weighted by molar-refractivity contribution is -0.131. The molecule has 0 spiro atoms. The molecule has 0 aromatic heterocycles. The Kier molecular flexibility index (Phi) is 6.57. The minimum Gasteiger partial charge on any atom is -0.427 e.